The van der Waals surface area contributed by atoms with Crippen molar-refractivity contribution in [2.24, 2.45) is 0 Å². The minimum absolute atomic E-state index is 0.132. The van der Waals surface area contributed by atoms with E-state index in [0.717, 1.165) is 37.0 Å². The molecule has 0 spiro atoms. The number of hydrogen-bond donors (Lipinski definition) is 1. The zero-order valence-electron chi connectivity index (χ0n) is 16.0. The Morgan fingerprint density at radius 2 is 1.71 bits per heavy atom. The topological polar surface area (TPSA) is 88.4 Å². The fourth-order valence-corrected chi connectivity index (χ4v) is 3.73. The highest BCUT2D eigenvalue weighted by Gasteiger charge is 2.42. The quantitative estimate of drug-likeness (QED) is 0.629. The summed E-state index contributed by atoms with van der Waals surface area (Å²) in [5, 5.41) is 12.4. The summed E-state index contributed by atoms with van der Waals surface area (Å²) in [6.45, 7) is 1.29. The number of amides is 1. The number of methoxy groups -OCH3 is 1. The van der Waals surface area contributed by atoms with E-state index < -0.39 is 11.4 Å². The number of benzene rings is 2. The molecule has 1 aliphatic rings. The zero-order valence-corrected chi connectivity index (χ0v) is 16.0. The minimum atomic E-state index is -0.631. The Morgan fingerprint density at radius 3 is 2.29 bits per heavy atom. The lowest BCUT2D eigenvalue weighted by Gasteiger charge is -2.28. The number of nitrogens with one attached hydrogen (secondary N) is 1. The summed E-state index contributed by atoms with van der Waals surface area (Å²) in [6, 6.07) is 14.2. The average molecular weight is 378 g/mol. The molecule has 1 aliphatic carbocycles. The Morgan fingerprint density at radius 1 is 1.07 bits per heavy atom. The maximum absolute atomic E-state index is 13.3. The van der Waals surface area contributed by atoms with Crippen molar-refractivity contribution in [2.75, 3.05) is 12.4 Å². The molecule has 1 amide bonds. The van der Waals surface area contributed by atoms with Crippen LogP contribution in [0.25, 0.3) is 0 Å². The molecule has 0 atom stereocenters. The van der Waals surface area contributed by atoms with Crippen LogP contribution in [-0.2, 0) is 15.0 Å². The van der Waals surface area contributed by atoms with E-state index in [2.05, 4.69) is 5.32 Å². The molecule has 1 fully saturated rings. The van der Waals surface area contributed by atoms with Crippen molar-refractivity contribution in [3.8, 4) is 17.6 Å². The SMILES string of the molecule is COc1ccc(C2(C(=O)Nc3ccc(OC(C)=O)cc3C#N)CCCC2)cc1. The second kappa shape index (κ2) is 8.13. The lowest BCUT2D eigenvalue weighted by Crippen LogP contribution is -2.38. The van der Waals surface area contributed by atoms with Crippen molar-refractivity contribution in [1.29, 1.82) is 5.26 Å². The van der Waals surface area contributed by atoms with Gasteiger partial charge in [-0.1, -0.05) is 25.0 Å². The van der Waals surface area contributed by atoms with Gasteiger partial charge in [-0.3, -0.25) is 9.59 Å². The highest BCUT2D eigenvalue weighted by Crippen LogP contribution is 2.42. The van der Waals surface area contributed by atoms with Crippen LogP contribution in [-0.4, -0.2) is 19.0 Å². The predicted octanol–water partition coefficient (Wildman–Crippen LogP) is 3.94. The maximum atomic E-state index is 13.3. The van der Waals surface area contributed by atoms with Gasteiger partial charge >= 0.3 is 5.97 Å². The largest absolute Gasteiger partial charge is 0.497 e. The molecule has 0 bridgehead atoms. The number of hydrogen-bond acceptors (Lipinski definition) is 5. The highest BCUT2D eigenvalue weighted by atomic mass is 16.5. The molecule has 1 saturated carbocycles. The van der Waals surface area contributed by atoms with Crippen LogP contribution in [0.1, 0.15) is 43.7 Å². The highest BCUT2D eigenvalue weighted by molar-refractivity contribution is 6.00. The summed E-state index contributed by atoms with van der Waals surface area (Å²) in [5.41, 5.74) is 0.963. The van der Waals surface area contributed by atoms with Gasteiger partial charge in [-0.15, -0.1) is 0 Å². The van der Waals surface area contributed by atoms with Crippen LogP contribution < -0.4 is 14.8 Å². The van der Waals surface area contributed by atoms with E-state index >= 15 is 0 Å². The molecule has 0 heterocycles. The van der Waals surface area contributed by atoms with E-state index in [0.29, 0.717) is 5.69 Å². The Bertz CT molecular complexity index is 923. The van der Waals surface area contributed by atoms with Gasteiger partial charge in [0.15, 0.2) is 0 Å². The standard InChI is InChI=1S/C22H22N2O4/c1-15(25)28-19-9-10-20(16(13-19)14-23)24-21(26)22(11-3-4-12-22)17-5-7-18(27-2)8-6-17/h5-10,13H,3-4,11-12H2,1-2H3,(H,24,26). The second-order valence-electron chi connectivity index (χ2n) is 6.88. The maximum Gasteiger partial charge on any atom is 0.308 e. The molecule has 2 aromatic carbocycles. The van der Waals surface area contributed by atoms with Crippen LogP contribution in [0.15, 0.2) is 42.5 Å². The molecule has 144 valence electrons. The van der Waals surface area contributed by atoms with Crippen LogP contribution in [0.4, 0.5) is 5.69 Å². The number of carbonyl (C=O) groups excluding carboxylic acids is 2. The molecule has 6 nitrogen and oxygen atoms in total. The van der Waals surface area contributed by atoms with Crippen molar-refractivity contribution < 1.29 is 19.1 Å². The molecule has 2 aromatic rings. The van der Waals surface area contributed by atoms with Crippen molar-refractivity contribution in [1.82, 2.24) is 0 Å². The Kier molecular flexibility index (Phi) is 5.65. The van der Waals surface area contributed by atoms with Crippen LogP contribution in [0.5, 0.6) is 11.5 Å². The molecule has 28 heavy (non-hydrogen) atoms. The monoisotopic (exact) mass is 378 g/mol. The van der Waals surface area contributed by atoms with Crippen LogP contribution in [0.3, 0.4) is 0 Å². The van der Waals surface area contributed by atoms with E-state index in [1.165, 1.54) is 13.0 Å². The molecule has 0 saturated heterocycles. The summed E-state index contributed by atoms with van der Waals surface area (Å²) in [5.74, 6) is 0.412. The third-order valence-electron chi connectivity index (χ3n) is 5.16. The first-order valence-corrected chi connectivity index (χ1v) is 9.17. The van der Waals surface area contributed by atoms with Gasteiger partial charge in [-0.05, 0) is 42.7 Å². The first-order valence-electron chi connectivity index (χ1n) is 9.17. The molecular formula is C22H22N2O4. The molecular weight excluding hydrogens is 356 g/mol. The van der Waals surface area contributed by atoms with Crippen molar-refractivity contribution in [3.63, 3.8) is 0 Å². The summed E-state index contributed by atoms with van der Waals surface area (Å²) in [6.07, 6.45) is 3.43. The summed E-state index contributed by atoms with van der Waals surface area (Å²) in [7, 11) is 1.61. The van der Waals surface area contributed by atoms with E-state index in [1.807, 2.05) is 30.3 Å². The number of ether oxygens (including phenoxy) is 2. The van der Waals surface area contributed by atoms with Crippen LogP contribution >= 0.6 is 0 Å². The number of rotatable bonds is 5. The van der Waals surface area contributed by atoms with Crippen LogP contribution in [0, 0.1) is 11.3 Å². The Balaban J connectivity index is 1.89. The van der Waals surface area contributed by atoms with E-state index in [9.17, 15) is 14.9 Å². The van der Waals surface area contributed by atoms with Crippen molar-refractivity contribution in [2.45, 2.75) is 38.0 Å². The molecule has 0 unspecified atom stereocenters. The minimum Gasteiger partial charge on any atom is -0.497 e. The summed E-state index contributed by atoms with van der Waals surface area (Å²) < 4.78 is 10.2. The van der Waals surface area contributed by atoms with Gasteiger partial charge < -0.3 is 14.8 Å². The number of anilines is 1. The third-order valence-corrected chi connectivity index (χ3v) is 5.16. The van der Waals surface area contributed by atoms with Gasteiger partial charge in [0.1, 0.15) is 17.6 Å². The van der Waals surface area contributed by atoms with E-state index in [1.54, 1.807) is 19.2 Å². The Labute approximate surface area is 164 Å². The van der Waals surface area contributed by atoms with Gasteiger partial charge in [-0.2, -0.15) is 5.26 Å². The molecule has 0 aromatic heterocycles. The number of carbonyl (C=O) groups is 2. The van der Waals surface area contributed by atoms with E-state index in [4.69, 9.17) is 9.47 Å². The average Bonchev–Trinajstić information content (AvgIpc) is 3.20. The number of nitrogens with zero attached hydrogens (tertiary/aromatic N) is 1. The fourth-order valence-electron chi connectivity index (χ4n) is 3.73. The zero-order chi connectivity index (χ0) is 20.1. The Hall–Kier alpha value is -3.33. The van der Waals surface area contributed by atoms with Gasteiger partial charge in [0, 0.05) is 13.0 Å². The fraction of sp³-hybridized carbons (Fsp3) is 0.318. The lowest BCUT2D eigenvalue weighted by molar-refractivity contribution is -0.131. The third kappa shape index (κ3) is 3.84. The van der Waals surface area contributed by atoms with Gasteiger partial charge in [0.25, 0.3) is 0 Å². The first-order chi connectivity index (χ1) is 13.5. The smallest absolute Gasteiger partial charge is 0.308 e. The molecule has 0 radical (unpaired) electrons. The van der Waals surface area contributed by atoms with Gasteiger partial charge in [0.05, 0.1) is 23.8 Å². The number of esters is 1. The van der Waals surface area contributed by atoms with E-state index in [-0.39, 0.29) is 17.2 Å². The molecule has 3 rings (SSSR count). The first kappa shape index (κ1) is 19.4. The summed E-state index contributed by atoms with van der Waals surface area (Å²) >= 11 is 0. The molecule has 1 N–H and O–H groups in total. The van der Waals surface area contributed by atoms with Crippen molar-refractivity contribution in [3.05, 3.63) is 53.6 Å². The second-order valence-corrected chi connectivity index (χ2v) is 6.88. The van der Waals surface area contributed by atoms with Crippen molar-refractivity contribution >= 4 is 17.6 Å². The number of nitriles is 1. The van der Waals surface area contributed by atoms with Gasteiger partial charge in [0.2, 0.25) is 5.91 Å². The van der Waals surface area contributed by atoms with Crippen LogP contribution in [0.2, 0.25) is 0 Å². The van der Waals surface area contributed by atoms with Gasteiger partial charge in [-0.25, -0.2) is 0 Å². The lowest BCUT2D eigenvalue weighted by atomic mass is 9.78. The predicted molar refractivity (Wildman–Crippen MR) is 104 cm³/mol. The molecule has 0 aliphatic heterocycles. The molecule has 6 heteroatoms. The summed E-state index contributed by atoms with van der Waals surface area (Å²) in [4.78, 5) is 24.4. The normalized spacial score (nSPS) is 14.8.